The van der Waals surface area contributed by atoms with Gasteiger partial charge in [-0.2, -0.15) is 0 Å². The van der Waals surface area contributed by atoms with Crippen molar-refractivity contribution in [3.05, 3.63) is 52.5 Å². The second-order valence-electron chi connectivity index (χ2n) is 8.36. The van der Waals surface area contributed by atoms with Gasteiger partial charge in [0, 0.05) is 30.8 Å². The molecule has 1 aliphatic carbocycles. The summed E-state index contributed by atoms with van der Waals surface area (Å²) in [5, 5.41) is 5.28. The maximum absolute atomic E-state index is 14.4. The molecule has 3 aromatic rings. The van der Waals surface area contributed by atoms with Crippen molar-refractivity contribution < 1.29 is 13.9 Å². The number of nitrogens with zero attached hydrogens (tertiary/aromatic N) is 4. The second kappa shape index (κ2) is 8.29. The molecule has 0 spiro atoms. The van der Waals surface area contributed by atoms with Gasteiger partial charge in [-0.3, -0.25) is 4.79 Å². The highest BCUT2D eigenvalue weighted by atomic mass is 19.1. The first-order chi connectivity index (χ1) is 14.8. The standard InChI is InChI=1S/C24H29FN4O2/c1-14-18(15(2)26-23-22(14)24(31-5)27-28(23)4)12-13-21(30)29(17-10-11-17)16(3)19-8-6-7-9-20(19)25/h6-9,16-17H,10-13H2,1-5H3. The van der Waals surface area contributed by atoms with Crippen molar-refractivity contribution in [2.24, 2.45) is 7.05 Å². The molecular weight excluding hydrogens is 395 g/mol. The quantitative estimate of drug-likeness (QED) is 0.563. The fourth-order valence-electron chi connectivity index (χ4n) is 4.52. The van der Waals surface area contributed by atoms with Crippen LogP contribution in [0.25, 0.3) is 11.0 Å². The van der Waals surface area contributed by atoms with Crippen LogP contribution in [-0.4, -0.2) is 38.7 Å². The van der Waals surface area contributed by atoms with Crippen LogP contribution in [0, 0.1) is 19.7 Å². The number of carbonyl (C=O) groups is 1. The van der Waals surface area contributed by atoms with E-state index in [1.54, 1.807) is 23.9 Å². The highest BCUT2D eigenvalue weighted by molar-refractivity contribution is 5.86. The molecular formula is C24H29FN4O2. The van der Waals surface area contributed by atoms with Crippen molar-refractivity contribution in [1.82, 2.24) is 19.7 Å². The molecule has 1 fully saturated rings. The SMILES string of the molecule is COc1nn(C)c2nc(C)c(CCC(=O)N(C3CC3)C(C)c3ccccc3F)c(C)c12. The third kappa shape index (κ3) is 3.89. The molecule has 1 aliphatic rings. The number of aryl methyl sites for hydroxylation is 3. The Morgan fingerprint density at radius 3 is 2.68 bits per heavy atom. The van der Waals surface area contributed by atoms with Crippen molar-refractivity contribution in [2.75, 3.05) is 7.11 Å². The van der Waals surface area contributed by atoms with Crippen LogP contribution in [-0.2, 0) is 18.3 Å². The van der Waals surface area contributed by atoms with Crippen LogP contribution in [0.4, 0.5) is 4.39 Å². The van der Waals surface area contributed by atoms with Gasteiger partial charge in [-0.25, -0.2) is 14.1 Å². The Morgan fingerprint density at radius 1 is 1.32 bits per heavy atom. The van der Waals surface area contributed by atoms with Crippen molar-refractivity contribution >= 4 is 16.9 Å². The molecule has 1 amide bonds. The number of benzene rings is 1. The van der Waals surface area contributed by atoms with E-state index in [4.69, 9.17) is 9.72 Å². The van der Waals surface area contributed by atoms with Gasteiger partial charge in [-0.1, -0.05) is 18.2 Å². The Morgan fingerprint density at radius 2 is 2.03 bits per heavy atom. The fraction of sp³-hybridized carbons (Fsp3) is 0.458. The summed E-state index contributed by atoms with van der Waals surface area (Å²) in [7, 11) is 3.44. The van der Waals surface area contributed by atoms with Crippen molar-refractivity contribution in [1.29, 1.82) is 0 Å². The summed E-state index contributed by atoms with van der Waals surface area (Å²) >= 11 is 0. The van der Waals surface area contributed by atoms with Crippen LogP contribution in [0.3, 0.4) is 0 Å². The lowest BCUT2D eigenvalue weighted by Crippen LogP contribution is -2.36. The van der Waals surface area contributed by atoms with E-state index in [9.17, 15) is 9.18 Å². The first-order valence-electron chi connectivity index (χ1n) is 10.8. The number of halogens is 1. The predicted molar refractivity (Wildman–Crippen MR) is 118 cm³/mol. The number of ether oxygens (including phenoxy) is 1. The molecule has 0 aliphatic heterocycles. The Balaban J connectivity index is 1.59. The lowest BCUT2D eigenvalue weighted by molar-refractivity contribution is -0.134. The number of hydrogen-bond donors (Lipinski definition) is 0. The number of aromatic nitrogens is 3. The summed E-state index contributed by atoms with van der Waals surface area (Å²) < 4.78 is 21.5. The minimum absolute atomic E-state index is 0.0512. The number of rotatable bonds is 7. The van der Waals surface area contributed by atoms with Gasteiger partial charge in [0.1, 0.15) is 5.82 Å². The molecule has 0 saturated heterocycles. The first kappa shape index (κ1) is 21.3. The Kier molecular flexibility index (Phi) is 5.69. The molecule has 0 N–H and O–H groups in total. The molecule has 0 bridgehead atoms. The zero-order chi connectivity index (χ0) is 22.3. The molecule has 6 nitrogen and oxygen atoms in total. The topological polar surface area (TPSA) is 60.2 Å². The van der Waals surface area contributed by atoms with E-state index >= 15 is 0 Å². The van der Waals surface area contributed by atoms with Gasteiger partial charge in [0.2, 0.25) is 11.8 Å². The average Bonchev–Trinajstić information content (AvgIpc) is 3.51. The van der Waals surface area contributed by atoms with Gasteiger partial charge in [0.05, 0.1) is 18.5 Å². The summed E-state index contributed by atoms with van der Waals surface area (Å²) in [6.07, 6.45) is 2.88. The highest BCUT2D eigenvalue weighted by Crippen LogP contribution is 2.36. The van der Waals surface area contributed by atoms with Gasteiger partial charge in [-0.15, -0.1) is 5.10 Å². The zero-order valence-corrected chi connectivity index (χ0v) is 18.8. The van der Waals surface area contributed by atoms with E-state index in [2.05, 4.69) is 5.10 Å². The third-order valence-corrected chi connectivity index (χ3v) is 6.31. The maximum Gasteiger partial charge on any atom is 0.242 e. The Hall–Kier alpha value is -2.96. The van der Waals surface area contributed by atoms with Crippen molar-refractivity contribution in [3.63, 3.8) is 0 Å². The molecule has 2 aromatic heterocycles. The van der Waals surface area contributed by atoms with Gasteiger partial charge < -0.3 is 9.64 Å². The lowest BCUT2D eigenvalue weighted by Gasteiger charge is -2.30. The second-order valence-corrected chi connectivity index (χ2v) is 8.36. The Bertz CT molecular complexity index is 1140. The van der Waals surface area contributed by atoms with E-state index < -0.39 is 0 Å². The normalized spacial score (nSPS) is 14.6. The van der Waals surface area contributed by atoms with Crippen molar-refractivity contribution in [3.8, 4) is 5.88 Å². The smallest absolute Gasteiger partial charge is 0.242 e. The summed E-state index contributed by atoms with van der Waals surface area (Å²) in [6, 6.07) is 6.63. The molecule has 1 aromatic carbocycles. The molecule has 4 rings (SSSR count). The van der Waals surface area contributed by atoms with Crippen LogP contribution in [0.1, 0.15) is 54.6 Å². The Labute approximate surface area is 182 Å². The monoisotopic (exact) mass is 424 g/mol. The number of amides is 1. The van der Waals surface area contributed by atoms with Gasteiger partial charge in [0.15, 0.2) is 5.65 Å². The van der Waals surface area contributed by atoms with Crippen LogP contribution in [0.2, 0.25) is 0 Å². The minimum Gasteiger partial charge on any atom is -0.479 e. The zero-order valence-electron chi connectivity index (χ0n) is 18.8. The van der Waals surface area contributed by atoms with E-state index in [0.29, 0.717) is 24.3 Å². The number of carbonyl (C=O) groups excluding carboxylic acids is 1. The molecule has 0 radical (unpaired) electrons. The molecule has 1 unspecified atom stereocenters. The van der Waals surface area contributed by atoms with E-state index in [1.165, 1.54) is 6.07 Å². The lowest BCUT2D eigenvalue weighted by atomic mass is 9.99. The van der Waals surface area contributed by atoms with E-state index in [0.717, 1.165) is 40.7 Å². The molecule has 164 valence electrons. The summed E-state index contributed by atoms with van der Waals surface area (Å²) in [5.41, 5.74) is 4.32. The summed E-state index contributed by atoms with van der Waals surface area (Å²) in [6.45, 7) is 5.91. The van der Waals surface area contributed by atoms with E-state index in [1.807, 2.05) is 38.8 Å². The maximum atomic E-state index is 14.4. The van der Waals surface area contributed by atoms with Crippen molar-refractivity contribution in [2.45, 2.75) is 58.5 Å². The number of fused-ring (bicyclic) bond motifs is 1. The van der Waals surface area contributed by atoms with E-state index in [-0.39, 0.29) is 23.8 Å². The largest absolute Gasteiger partial charge is 0.479 e. The first-order valence-corrected chi connectivity index (χ1v) is 10.8. The molecule has 7 heteroatoms. The minimum atomic E-state index is -0.289. The number of hydrogen-bond acceptors (Lipinski definition) is 4. The fourth-order valence-corrected chi connectivity index (χ4v) is 4.52. The molecule has 1 saturated carbocycles. The van der Waals surface area contributed by atoms with Crippen LogP contribution < -0.4 is 4.74 Å². The highest BCUT2D eigenvalue weighted by Gasteiger charge is 2.36. The summed E-state index contributed by atoms with van der Waals surface area (Å²) in [4.78, 5) is 19.9. The molecule has 1 atom stereocenters. The van der Waals surface area contributed by atoms with Gasteiger partial charge in [0.25, 0.3) is 0 Å². The predicted octanol–water partition coefficient (Wildman–Crippen LogP) is 4.42. The van der Waals surface area contributed by atoms with Crippen LogP contribution >= 0.6 is 0 Å². The number of pyridine rings is 1. The van der Waals surface area contributed by atoms with Crippen LogP contribution in [0.15, 0.2) is 24.3 Å². The molecule has 2 heterocycles. The number of methoxy groups -OCH3 is 1. The van der Waals surface area contributed by atoms with Crippen LogP contribution in [0.5, 0.6) is 5.88 Å². The third-order valence-electron chi connectivity index (χ3n) is 6.31. The summed E-state index contributed by atoms with van der Waals surface area (Å²) in [5.74, 6) is 0.330. The van der Waals surface area contributed by atoms with Gasteiger partial charge >= 0.3 is 0 Å². The van der Waals surface area contributed by atoms with Gasteiger partial charge in [-0.05, 0) is 57.2 Å². The average molecular weight is 425 g/mol. The molecule has 31 heavy (non-hydrogen) atoms.